The van der Waals surface area contributed by atoms with Crippen LogP contribution in [-0.4, -0.2) is 15.9 Å². The predicted molar refractivity (Wildman–Crippen MR) is 116 cm³/mol. The van der Waals surface area contributed by atoms with E-state index in [1.807, 2.05) is 60.7 Å². The van der Waals surface area contributed by atoms with Gasteiger partial charge in [-0.15, -0.1) is 0 Å². The molecule has 4 aromatic rings. The van der Waals surface area contributed by atoms with E-state index in [2.05, 4.69) is 32.7 Å². The third-order valence-corrected chi connectivity index (χ3v) is 4.46. The molecule has 0 unspecified atom stereocenters. The molecule has 0 bridgehead atoms. The Kier molecular flexibility index (Phi) is 5.58. The first-order valence-electron chi connectivity index (χ1n) is 9.34. The topological polar surface area (TPSA) is 66.9 Å². The van der Waals surface area contributed by atoms with Gasteiger partial charge in [0.1, 0.15) is 0 Å². The van der Waals surface area contributed by atoms with Gasteiger partial charge in [0.05, 0.1) is 0 Å². The molecule has 0 saturated heterocycles. The Morgan fingerprint density at radius 1 is 0.724 bits per heavy atom. The van der Waals surface area contributed by atoms with Crippen molar-refractivity contribution in [1.29, 1.82) is 0 Å². The molecule has 0 atom stereocenters. The molecule has 1 aromatic heterocycles. The first-order valence-corrected chi connectivity index (χ1v) is 9.34. The van der Waals surface area contributed by atoms with Gasteiger partial charge >= 0.3 is 0 Å². The second kappa shape index (κ2) is 8.80. The smallest absolute Gasteiger partial charge is 0.255 e. The number of carbonyl (C=O) groups excluding carboxylic acids is 1. The Morgan fingerprint density at radius 2 is 1.34 bits per heavy atom. The zero-order chi connectivity index (χ0) is 19.9. The van der Waals surface area contributed by atoms with Crippen molar-refractivity contribution in [2.45, 2.75) is 6.54 Å². The summed E-state index contributed by atoms with van der Waals surface area (Å²) >= 11 is 0. The molecule has 0 aliphatic carbocycles. The Hall–Kier alpha value is -3.99. The van der Waals surface area contributed by atoms with E-state index in [-0.39, 0.29) is 5.91 Å². The Bertz CT molecular complexity index is 1060. The highest BCUT2D eigenvalue weighted by Gasteiger charge is 2.07. The maximum absolute atomic E-state index is 12.4. The van der Waals surface area contributed by atoms with E-state index in [0.29, 0.717) is 18.1 Å². The Morgan fingerprint density at radius 3 is 2.00 bits per heavy atom. The van der Waals surface area contributed by atoms with Gasteiger partial charge in [-0.1, -0.05) is 60.7 Å². The number of amides is 1. The van der Waals surface area contributed by atoms with E-state index in [1.165, 1.54) is 5.56 Å². The van der Waals surface area contributed by atoms with Crippen molar-refractivity contribution in [3.63, 3.8) is 0 Å². The minimum absolute atomic E-state index is 0.139. The maximum Gasteiger partial charge on any atom is 0.255 e. The predicted octanol–water partition coefficient (Wildman–Crippen LogP) is 5.01. The van der Waals surface area contributed by atoms with Crippen LogP contribution in [0.4, 0.5) is 11.6 Å². The van der Waals surface area contributed by atoms with Crippen molar-refractivity contribution in [3.05, 3.63) is 108 Å². The van der Waals surface area contributed by atoms with Crippen LogP contribution in [-0.2, 0) is 6.54 Å². The van der Waals surface area contributed by atoms with Gasteiger partial charge in [-0.25, -0.2) is 9.97 Å². The van der Waals surface area contributed by atoms with Gasteiger partial charge in [-0.2, -0.15) is 0 Å². The van der Waals surface area contributed by atoms with Crippen molar-refractivity contribution >= 4 is 17.5 Å². The summed E-state index contributed by atoms with van der Waals surface area (Å²) in [5.41, 5.74) is 4.39. The number of hydrogen-bond donors (Lipinski definition) is 2. The van der Waals surface area contributed by atoms with Gasteiger partial charge in [0, 0.05) is 35.8 Å². The zero-order valence-electron chi connectivity index (χ0n) is 15.7. The molecule has 2 N–H and O–H groups in total. The van der Waals surface area contributed by atoms with Crippen molar-refractivity contribution < 1.29 is 4.79 Å². The number of nitrogens with zero attached hydrogens (tertiary/aromatic N) is 2. The molecule has 1 heterocycles. The molecule has 0 radical (unpaired) electrons. The number of rotatable bonds is 6. The lowest BCUT2D eigenvalue weighted by molar-refractivity contribution is 0.102. The van der Waals surface area contributed by atoms with Crippen molar-refractivity contribution in [3.8, 4) is 11.1 Å². The minimum Gasteiger partial charge on any atom is -0.350 e. The number of hydrogen-bond acceptors (Lipinski definition) is 4. The molecule has 5 heteroatoms. The molecule has 1 amide bonds. The minimum atomic E-state index is -0.139. The fraction of sp³-hybridized carbons (Fsp3) is 0.0417. The molecule has 0 spiro atoms. The molecule has 142 valence electrons. The second-order valence-electron chi connectivity index (χ2n) is 6.53. The molecular weight excluding hydrogens is 360 g/mol. The van der Waals surface area contributed by atoms with Crippen LogP contribution in [0.3, 0.4) is 0 Å². The molecule has 29 heavy (non-hydrogen) atoms. The van der Waals surface area contributed by atoms with E-state index in [9.17, 15) is 4.79 Å². The number of para-hydroxylation sites is 1. The molecule has 0 aliphatic rings. The van der Waals surface area contributed by atoms with Crippen LogP contribution < -0.4 is 10.6 Å². The van der Waals surface area contributed by atoms with E-state index in [4.69, 9.17) is 0 Å². The molecule has 4 rings (SSSR count). The van der Waals surface area contributed by atoms with Gasteiger partial charge in [0.15, 0.2) is 0 Å². The van der Waals surface area contributed by atoms with Crippen LogP contribution in [0.25, 0.3) is 11.1 Å². The van der Waals surface area contributed by atoms with Crippen LogP contribution in [0.15, 0.2) is 97.3 Å². The van der Waals surface area contributed by atoms with E-state index in [1.54, 1.807) is 24.5 Å². The van der Waals surface area contributed by atoms with Crippen LogP contribution in [0.2, 0.25) is 0 Å². The summed E-state index contributed by atoms with van der Waals surface area (Å²) in [6.07, 6.45) is 3.55. The Balaban J connectivity index is 1.39. The fourth-order valence-electron chi connectivity index (χ4n) is 2.88. The first kappa shape index (κ1) is 18.4. The largest absolute Gasteiger partial charge is 0.350 e. The summed E-state index contributed by atoms with van der Waals surface area (Å²) in [7, 11) is 0. The number of aromatic nitrogens is 2. The highest BCUT2D eigenvalue weighted by molar-refractivity contribution is 6.04. The van der Waals surface area contributed by atoms with Crippen LogP contribution in [0.5, 0.6) is 0 Å². The van der Waals surface area contributed by atoms with Gasteiger partial charge in [-0.3, -0.25) is 4.79 Å². The van der Waals surface area contributed by atoms with E-state index >= 15 is 0 Å². The van der Waals surface area contributed by atoms with Crippen LogP contribution >= 0.6 is 0 Å². The summed E-state index contributed by atoms with van der Waals surface area (Å²) < 4.78 is 0. The summed E-state index contributed by atoms with van der Waals surface area (Å²) in [5, 5.41) is 6.09. The standard InChI is InChI=1S/C24H20N4O/c29-23(28-22-9-5-2-6-10-22)20-13-11-19(12-14-20)21-16-26-24(27-17-21)25-15-18-7-3-1-4-8-18/h1-14,16-17H,15H2,(H,28,29)(H,25,26,27). The zero-order valence-corrected chi connectivity index (χ0v) is 15.7. The van der Waals surface area contributed by atoms with E-state index in [0.717, 1.165) is 16.8 Å². The van der Waals surface area contributed by atoms with Gasteiger partial charge in [-0.05, 0) is 35.4 Å². The molecular formula is C24H20N4O. The van der Waals surface area contributed by atoms with Crippen molar-refractivity contribution in [1.82, 2.24) is 9.97 Å². The monoisotopic (exact) mass is 380 g/mol. The normalized spacial score (nSPS) is 10.3. The summed E-state index contributed by atoms with van der Waals surface area (Å²) in [6.45, 7) is 0.672. The van der Waals surface area contributed by atoms with Crippen molar-refractivity contribution in [2.24, 2.45) is 0 Å². The number of anilines is 2. The fourth-order valence-corrected chi connectivity index (χ4v) is 2.88. The number of nitrogens with one attached hydrogen (secondary N) is 2. The van der Waals surface area contributed by atoms with Gasteiger partial charge < -0.3 is 10.6 Å². The lowest BCUT2D eigenvalue weighted by atomic mass is 10.1. The SMILES string of the molecule is O=C(Nc1ccccc1)c1ccc(-c2cnc(NCc3ccccc3)nc2)cc1. The first-order chi connectivity index (χ1) is 14.3. The number of benzene rings is 3. The summed E-state index contributed by atoms with van der Waals surface area (Å²) in [5.74, 6) is 0.441. The molecule has 0 aliphatic heterocycles. The lowest BCUT2D eigenvalue weighted by Gasteiger charge is -2.07. The molecule has 0 fully saturated rings. The van der Waals surface area contributed by atoms with E-state index < -0.39 is 0 Å². The van der Waals surface area contributed by atoms with Crippen LogP contribution in [0, 0.1) is 0 Å². The number of carbonyl (C=O) groups is 1. The summed E-state index contributed by atoms with van der Waals surface area (Å²) in [4.78, 5) is 21.1. The molecule has 5 nitrogen and oxygen atoms in total. The maximum atomic E-state index is 12.4. The van der Waals surface area contributed by atoms with Crippen molar-refractivity contribution in [2.75, 3.05) is 10.6 Å². The Labute approximate surface area is 169 Å². The second-order valence-corrected chi connectivity index (χ2v) is 6.53. The molecule has 0 saturated carbocycles. The third-order valence-electron chi connectivity index (χ3n) is 4.46. The highest BCUT2D eigenvalue weighted by atomic mass is 16.1. The molecule has 3 aromatic carbocycles. The third kappa shape index (κ3) is 4.84. The quantitative estimate of drug-likeness (QED) is 0.493. The van der Waals surface area contributed by atoms with Gasteiger partial charge in [0.2, 0.25) is 5.95 Å². The highest BCUT2D eigenvalue weighted by Crippen LogP contribution is 2.19. The summed E-state index contributed by atoms with van der Waals surface area (Å²) in [6, 6.07) is 26.9. The van der Waals surface area contributed by atoms with Crippen LogP contribution in [0.1, 0.15) is 15.9 Å². The lowest BCUT2D eigenvalue weighted by Crippen LogP contribution is -2.11. The average molecular weight is 380 g/mol. The average Bonchev–Trinajstić information content (AvgIpc) is 2.79. The van der Waals surface area contributed by atoms with Gasteiger partial charge in [0.25, 0.3) is 5.91 Å².